The molecule has 0 N–H and O–H groups in total. The zero-order chi connectivity index (χ0) is 12.1. The highest BCUT2D eigenvalue weighted by molar-refractivity contribution is 6.33. The normalized spacial score (nSPS) is 9.75. The topological polar surface area (TPSA) is 43.6 Å². The van der Waals surface area contributed by atoms with Crippen molar-refractivity contribution >= 4 is 23.4 Å². The number of aryl methyl sites for hydroxylation is 1. The van der Waals surface area contributed by atoms with Crippen LogP contribution in [0.1, 0.15) is 16.2 Å². The third-order valence-electron chi connectivity index (χ3n) is 1.84. The largest absolute Gasteiger partial charge is 0.388 e. The van der Waals surface area contributed by atoms with Crippen molar-refractivity contribution in [1.29, 1.82) is 0 Å². The van der Waals surface area contributed by atoms with Gasteiger partial charge < -0.3 is 4.74 Å². The van der Waals surface area contributed by atoms with Crippen LogP contribution in [0.2, 0.25) is 5.02 Å². The zero-order valence-electron chi connectivity index (χ0n) is 9.40. The molecule has 86 valence electrons. The van der Waals surface area contributed by atoms with E-state index < -0.39 is 0 Å². The van der Waals surface area contributed by atoms with Crippen LogP contribution in [0.3, 0.4) is 0 Å². The highest BCUT2D eigenvalue weighted by atomic mass is 35.5. The molecule has 0 aliphatic heterocycles. The highest BCUT2D eigenvalue weighted by Gasteiger charge is 2.05. The second-order valence-corrected chi connectivity index (χ2v) is 3.62. The van der Waals surface area contributed by atoms with Crippen LogP contribution in [-0.2, 0) is 4.74 Å². The summed E-state index contributed by atoms with van der Waals surface area (Å²) in [7, 11) is 3.25. The molecule has 0 radical (unpaired) electrons. The Morgan fingerprint density at radius 2 is 2.06 bits per heavy atom. The van der Waals surface area contributed by atoms with E-state index in [9.17, 15) is 4.79 Å². The molecule has 2 heterocycles. The SMILES string of the molecule is COC.Cc1cc(Cl)c2ccc(C=O)n2n1. The van der Waals surface area contributed by atoms with Gasteiger partial charge in [-0.3, -0.25) is 4.79 Å². The summed E-state index contributed by atoms with van der Waals surface area (Å²) < 4.78 is 5.80. The number of carbonyl (C=O) groups is 1. The number of nitrogens with zero attached hydrogens (tertiary/aromatic N) is 2. The Hall–Kier alpha value is -1.39. The van der Waals surface area contributed by atoms with Crippen LogP contribution in [0.25, 0.3) is 5.52 Å². The van der Waals surface area contributed by atoms with Crippen molar-refractivity contribution in [3.63, 3.8) is 0 Å². The van der Waals surface area contributed by atoms with Crippen molar-refractivity contribution in [1.82, 2.24) is 9.61 Å². The van der Waals surface area contributed by atoms with Crippen LogP contribution >= 0.6 is 11.6 Å². The van der Waals surface area contributed by atoms with Gasteiger partial charge in [0.15, 0.2) is 6.29 Å². The summed E-state index contributed by atoms with van der Waals surface area (Å²) in [6.07, 6.45) is 0.760. The molecule has 2 aromatic rings. The lowest BCUT2D eigenvalue weighted by atomic mass is 10.4. The van der Waals surface area contributed by atoms with Crippen LogP contribution in [-0.4, -0.2) is 30.1 Å². The average molecular weight is 241 g/mol. The minimum absolute atomic E-state index is 0.514. The monoisotopic (exact) mass is 240 g/mol. The van der Waals surface area contributed by atoms with E-state index in [4.69, 9.17) is 11.6 Å². The molecule has 0 saturated carbocycles. The number of aldehydes is 1. The molecule has 0 spiro atoms. The first kappa shape index (κ1) is 12.7. The van der Waals surface area contributed by atoms with Crippen molar-refractivity contribution in [3.05, 3.63) is 34.6 Å². The molecule has 0 unspecified atom stereocenters. The summed E-state index contributed by atoms with van der Waals surface area (Å²) >= 11 is 5.96. The molecule has 5 heteroatoms. The van der Waals surface area contributed by atoms with Crippen molar-refractivity contribution < 1.29 is 9.53 Å². The number of fused-ring (bicyclic) bond motifs is 1. The Morgan fingerprint density at radius 1 is 1.44 bits per heavy atom. The number of aromatic nitrogens is 2. The fourth-order valence-electron chi connectivity index (χ4n) is 1.27. The van der Waals surface area contributed by atoms with Crippen LogP contribution in [0.4, 0.5) is 0 Å². The molecule has 0 saturated heterocycles. The van der Waals surface area contributed by atoms with Gasteiger partial charge in [-0.25, -0.2) is 4.52 Å². The maximum Gasteiger partial charge on any atom is 0.168 e. The fourth-order valence-corrected chi connectivity index (χ4v) is 1.57. The van der Waals surface area contributed by atoms with Crippen molar-refractivity contribution in [2.75, 3.05) is 14.2 Å². The van der Waals surface area contributed by atoms with Crippen LogP contribution < -0.4 is 0 Å². The summed E-state index contributed by atoms with van der Waals surface area (Å²) in [5.74, 6) is 0. The molecule has 0 aromatic carbocycles. The van der Waals surface area contributed by atoms with Crippen molar-refractivity contribution in [2.45, 2.75) is 6.92 Å². The summed E-state index contributed by atoms with van der Waals surface area (Å²) in [6.45, 7) is 1.83. The lowest BCUT2D eigenvalue weighted by molar-refractivity contribution is 0.111. The summed E-state index contributed by atoms with van der Waals surface area (Å²) in [6, 6.07) is 5.24. The van der Waals surface area contributed by atoms with E-state index in [2.05, 4.69) is 9.84 Å². The molecule has 0 aliphatic carbocycles. The minimum Gasteiger partial charge on any atom is -0.388 e. The van der Waals surface area contributed by atoms with E-state index in [1.54, 1.807) is 36.9 Å². The van der Waals surface area contributed by atoms with Gasteiger partial charge >= 0.3 is 0 Å². The first-order chi connectivity index (χ1) is 7.63. The molecular weight excluding hydrogens is 228 g/mol. The smallest absolute Gasteiger partial charge is 0.168 e. The lowest BCUT2D eigenvalue weighted by Crippen LogP contribution is -1.98. The standard InChI is InChI=1S/C9H7ClN2O.C2H6O/c1-6-4-8(10)9-3-2-7(5-13)12(9)11-6;1-3-2/h2-5H,1H3;1-2H3. The molecule has 0 fully saturated rings. The first-order valence-electron chi connectivity index (χ1n) is 4.64. The molecule has 0 atom stereocenters. The van der Waals surface area contributed by atoms with Gasteiger partial charge in [-0.15, -0.1) is 0 Å². The summed E-state index contributed by atoms with van der Waals surface area (Å²) in [5.41, 5.74) is 2.06. The van der Waals surface area contributed by atoms with Gasteiger partial charge in [0.2, 0.25) is 0 Å². The van der Waals surface area contributed by atoms with E-state index in [1.807, 2.05) is 6.92 Å². The van der Waals surface area contributed by atoms with Gasteiger partial charge in [0, 0.05) is 14.2 Å². The number of hydrogen-bond acceptors (Lipinski definition) is 3. The molecule has 4 nitrogen and oxygen atoms in total. The number of hydrogen-bond donors (Lipinski definition) is 0. The van der Waals surface area contributed by atoms with Crippen molar-refractivity contribution in [2.24, 2.45) is 0 Å². The second-order valence-electron chi connectivity index (χ2n) is 3.21. The van der Waals surface area contributed by atoms with Gasteiger partial charge in [0.1, 0.15) is 5.69 Å². The first-order valence-corrected chi connectivity index (χ1v) is 5.02. The lowest BCUT2D eigenvalue weighted by Gasteiger charge is -1.99. The Balaban J connectivity index is 0.000000386. The maximum absolute atomic E-state index is 10.6. The van der Waals surface area contributed by atoms with Gasteiger partial charge in [0.25, 0.3) is 0 Å². The molecule has 0 bridgehead atoms. The number of halogens is 1. The number of carbonyl (C=O) groups excluding carboxylic acids is 1. The van der Waals surface area contributed by atoms with Gasteiger partial charge in [-0.2, -0.15) is 5.10 Å². The summed E-state index contributed by atoms with van der Waals surface area (Å²) in [4.78, 5) is 10.6. The number of ether oxygens (including phenoxy) is 1. The molecule has 16 heavy (non-hydrogen) atoms. The third-order valence-corrected chi connectivity index (χ3v) is 2.15. The molecule has 2 aromatic heterocycles. The molecule has 0 aliphatic rings. The third kappa shape index (κ3) is 2.59. The van der Waals surface area contributed by atoms with Crippen LogP contribution in [0.15, 0.2) is 18.2 Å². The Bertz CT molecular complexity index is 494. The number of rotatable bonds is 1. The van der Waals surface area contributed by atoms with E-state index in [0.29, 0.717) is 10.7 Å². The number of methoxy groups -OCH3 is 1. The Kier molecular flexibility index (Phi) is 4.46. The fraction of sp³-hybridized carbons (Fsp3) is 0.273. The maximum atomic E-state index is 10.6. The predicted octanol–water partition coefficient (Wildman–Crippen LogP) is 2.37. The second kappa shape index (κ2) is 5.63. The molecule has 2 rings (SSSR count). The van der Waals surface area contributed by atoms with E-state index in [1.165, 1.54) is 0 Å². The van der Waals surface area contributed by atoms with E-state index >= 15 is 0 Å². The van der Waals surface area contributed by atoms with Gasteiger partial charge in [-0.05, 0) is 25.1 Å². The molecule has 0 amide bonds. The van der Waals surface area contributed by atoms with Gasteiger partial charge in [-0.1, -0.05) is 11.6 Å². The average Bonchev–Trinajstić information content (AvgIpc) is 2.62. The molecular formula is C11H13ClN2O2. The quantitative estimate of drug-likeness (QED) is 0.719. The van der Waals surface area contributed by atoms with Crippen LogP contribution in [0.5, 0.6) is 0 Å². The summed E-state index contributed by atoms with van der Waals surface area (Å²) in [5, 5.41) is 4.78. The van der Waals surface area contributed by atoms with Crippen molar-refractivity contribution in [3.8, 4) is 0 Å². The van der Waals surface area contributed by atoms with Gasteiger partial charge in [0.05, 0.1) is 16.2 Å². The predicted molar refractivity (Wildman–Crippen MR) is 63.3 cm³/mol. The zero-order valence-corrected chi connectivity index (χ0v) is 10.2. The highest BCUT2D eigenvalue weighted by Crippen LogP contribution is 2.18. The Morgan fingerprint density at radius 3 is 2.62 bits per heavy atom. The van der Waals surface area contributed by atoms with E-state index in [0.717, 1.165) is 17.5 Å². The van der Waals surface area contributed by atoms with Crippen LogP contribution in [0, 0.1) is 6.92 Å². The Labute approximate surface area is 98.8 Å². The minimum atomic E-state index is 0.514. The van der Waals surface area contributed by atoms with E-state index in [-0.39, 0.29) is 0 Å².